The SMILES string of the molecule is NCCCC[C@H](NC(=O)[C@@H](N)CCCN=C(N)N)C(=O)N[C@@H](CO)C(=O)O. The minimum absolute atomic E-state index is 0.0541. The van der Waals surface area contributed by atoms with Gasteiger partial charge in [0.1, 0.15) is 12.1 Å². The molecule has 0 aromatic rings. The minimum Gasteiger partial charge on any atom is -0.480 e. The molecule has 0 rings (SSSR count). The van der Waals surface area contributed by atoms with Gasteiger partial charge in [0.15, 0.2) is 5.96 Å². The maximum atomic E-state index is 12.3. The largest absolute Gasteiger partial charge is 0.480 e. The van der Waals surface area contributed by atoms with Crippen molar-refractivity contribution in [3.63, 3.8) is 0 Å². The third-order valence-electron chi connectivity index (χ3n) is 3.68. The van der Waals surface area contributed by atoms with Gasteiger partial charge in [0, 0.05) is 6.54 Å². The Morgan fingerprint density at radius 1 is 0.963 bits per heavy atom. The molecular weight excluding hydrogens is 358 g/mol. The predicted octanol–water partition coefficient (Wildman–Crippen LogP) is -3.46. The van der Waals surface area contributed by atoms with E-state index < -0.39 is 42.5 Å². The number of carboxylic acid groups (broad SMARTS) is 1. The molecule has 12 heteroatoms. The first-order valence-corrected chi connectivity index (χ1v) is 8.68. The second-order valence-electron chi connectivity index (χ2n) is 5.98. The number of aliphatic imine (C=N–C) groups is 1. The highest BCUT2D eigenvalue weighted by Gasteiger charge is 2.27. The number of carbonyl (C=O) groups is 3. The van der Waals surface area contributed by atoms with Crippen molar-refractivity contribution in [3.8, 4) is 0 Å². The van der Waals surface area contributed by atoms with E-state index in [1.807, 2.05) is 0 Å². The van der Waals surface area contributed by atoms with Gasteiger partial charge in [-0.25, -0.2) is 4.79 Å². The fraction of sp³-hybridized carbons (Fsp3) is 0.733. The number of aliphatic carboxylic acids is 1. The van der Waals surface area contributed by atoms with Crippen molar-refractivity contribution in [1.29, 1.82) is 0 Å². The van der Waals surface area contributed by atoms with Crippen LogP contribution in [0.15, 0.2) is 4.99 Å². The minimum atomic E-state index is -1.46. The average Bonchev–Trinajstić information content (AvgIpc) is 2.61. The van der Waals surface area contributed by atoms with Gasteiger partial charge in [0.05, 0.1) is 12.6 Å². The fourth-order valence-electron chi connectivity index (χ4n) is 2.15. The molecule has 0 radical (unpaired) electrons. The van der Waals surface area contributed by atoms with E-state index in [2.05, 4.69) is 15.6 Å². The van der Waals surface area contributed by atoms with Crippen LogP contribution in [-0.2, 0) is 14.4 Å². The molecule has 0 aromatic heterocycles. The fourth-order valence-corrected chi connectivity index (χ4v) is 2.15. The lowest BCUT2D eigenvalue weighted by Gasteiger charge is -2.22. The summed E-state index contributed by atoms with van der Waals surface area (Å²) in [7, 11) is 0. The van der Waals surface area contributed by atoms with Crippen molar-refractivity contribution in [3.05, 3.63) is 0 Å². The second-order valence-corrected chi connectivity index (χ2v) is 5.98. The van der Waals surface area contributed by atoms with Crippen molar-refractivity contribution in [1.82, 2.24) is 10.6 Å². The highest BCUT2D eigenvalue weighted by atomic mass is 16.4. The zero-order chi connectivity index (χ0) is 20.8. The Labute approximate surface area is 157 Å². The summed E-state index contributed by atoms with van der Waals surface area (Å²) in [5.74, 6) is -2.70. The first-order chi connectivity index (χ1) is 12.7. The second kappa shape index (κ2) is 13.7. The number of rotatable bonds is 14. The van der Waals surface area contributed by atoms with Crippen LogP contribution in [0.25, 0.3) is 0 Å². The highest BCUT2D eigenvalue weighted by molar-refractivity contribution is 5.91. The smallest absolute Gasteiger partial charge is 0.328 e. The van der Waals surface area contributed by atoms with Crippen molar-refractivity contribution >= 4 is 23.7 Å². The van der Waals surface area contributed by atoms with Crippen molar-refractivity contribution in [2.45, 2.75) is 50.2 Å². The van der Waals surface area contributed by atoms with E-state index in [0.29, 0.717) is 38.8 Å². The molecule has 12 nitrogen and oxygen atoms in total. The molecule has 156 valence electrons. The van der Waals surface area contributed by atoms with Crippen LogP contribution in [0.1, 0.15) is 32.1 Å². The molecule has 0 aliphatic carbocycles. The van der Waals surface area contributed by atoms with Crippen LogP contribution >= 0.6 is 0 Å². The van der Waals surface area contributed by atoms with E-state index in [0.717, 1.165) is 0 Å². The van der Waals surface area contributed by atoms with Gasteiger partial charge in [-0.2, -0.15) is 0 Å². The van der Waals surface area contributed by atoms with Gasteiger partial charge in [-0.05, 0) is 38.6 Å². The standard InChI is InChI=1S/C15H31N7O5/c16-6-2-1-5-10(13(25)22-11(8-23)14(26)27)21-12(24)9(17)4-3-7-20-15(18)19/h9-11,23H,1-8,16-17H2,(H,21,24)(H,22,25)(H,26,27)(H4,18,19,20)/t9-,10-,11-/m0/s1. The van der Waals surface area contributed by atoms with Gasteiger partial charge in [-0.1, -0.05) is 0 Å². The molecule has 0 aliphatic heterocycles. The molecule has 0 heterocycles. The number of nitrogens with one attached hydrogen (secondary N) is 2. The zero-order valence-electron chi connectivity index (χ0n) is 15.3. The third kappa shape index (κ3) is 11.0. The van der Waals surface area contributed by atoms with E-state index in [9.17, 15) is 14.4 Å². The lowest BCUT2D eigenvalue weighted by molar-refractivity contribution is -0.143. The van der Waals surface area contributed by atoms with E-state index in [4.69, 9.17) is 33.1 Å². The Morgan fingerprint density at radius 2 is 1.59 bits per heavy atom. The number of aliphatic hydroxyl groups excluding tert-OH is 1. The molecule has 0 saturated carbocycles. The molecule has 0 bridgehead atoms. The van der Waals surface area contributed by atoms with Gasteiger partial charge < -0.3 is 43.8 Å². The average molecular weight is 389 g/mol. The summed E-state index contributed by atoms with van der Waals surface area (Å²) in [5, 5.41) is 22.6. The number of hydrogen-bond acceptors (Lipinski definition) is 7. The Kier molecular flexibility index (Phi) is 12.5. The highest BCUT2D eigenvalue weighted by Crippen LogP contribution is 2.04. The number of guanidine groups is 1. The number of hydrogen-bond donors (Lipinski definition) is 8. The van der Waals surface area contributed by atoms with Gasteiger partial charge in [0.2, 0.25) is 11.8 Å². The number of unbranched alkanes of at least 4 members (excludes halogenated alkanes) is 1. The number of aliphatic hydroxyl groups is 1. The van der Waals surface area contributed by atoms with E-state index in [-0.39, 0.29) is 12.4 Å². The van der Waals surface area contributed by atoms with Crippen LogP contribution in [0.3, 0.4) is 0 Å². The molecule has 0 saturated heterocycles. The van der Waals surface area contributed by atoms with Crippen molar-refractivity contribution < 1.29 is 24.6 Å². The maximum absolute atomic E-state index is 12.3. The Bertz CT molecular complexity index is 511. The van der Waals surface area contributed by atoms with Crippen LogP contribution in [0.5, 0.6) is 0 Å². The maximum Gasteiger partial charge on any atom is 0.328 e. The van der Waals surface area contributed by atoms with Crippen molar-refractivity contribution in [2.75, 3.05) is 19.7 Å². The summed E-state index contributed by atoms with van der Waals surface area (Å²) in [5.41, 5.74) is 21.6. The molecule has 3 atom stereocenters. The number of nitrogens with zero attached hydrogens (tertiary/aromatic N) is 1. The van der Waals surface area contributed by atoms with Gasteiger partial charge in [-0.15, -0.1) is 0 Å². The zero-order valence-corrected chi connectivity index (χ0v) is 15.3. The Hall–Kier alpha value is -2.44. The first kappa shape index (κ1) is 24.6. The molecule has 27 heavy (non-hydrogen) atoms. The summed E-state index contributed by atoms with van der Waals surface area (Å²) in [6.07, 6.45) is 2.21. The number of amides is 2. The Morgan fingerprint density at radius 3 is 2.11 bits per heavy atom. The normalized spacial score (nSPS) is 13.9. The Balaban J connectivity index is 4.77. The van der Waals surface area contributed by atoms with Crippen LogP contribution in [0, 0.1) is 0 Å². The van der Waals surface area contributed by atoms with Crippen molar-refractivity contribution in [2.24, 2.45) is 27.9 Å². The van der Waals surface area contributed by atoms with Gasteiger partial charge >= 0.3 is 5.97 Å². The molecule has 2 amide bonds. The van der Waals surface area contributed by atoms with Crippen LogP contribution in [0.2, 0.25) is 0 Å². The number of carbonyl (C=O) groups excluding carboxylic acids is 2. The monoisotopic (exact) mass is 389 g/mol. The summed E-state index contributed by atoms with van der Waals surface area (Å²) in [6, 6.07) is -3.32. The molecule has 0 unspecified atom stereocenters. The van der Waals surface area contributed by atoms with E-state index in [1.54, 1.807) is 0 Å². The molecule has 0 aliphatic rings. The topological polar surface area (TPSA) is 232 Å². The molecular formula is C15H31N7O5. The van der Waals surface area contributed by atoms with Gasteiger partial charge in [0.25, 0.3) is 0 Å². The molecule has 0 fully saturated rings. The number of carboxylic acids is 1. The molecule has 0 spiro atoms. The first-order valence-electron chi connectivity index (χ1n) is 8.68. The summed E-state index contributed by atoms with van der Waals surface area (Å²) in [4.78, 5) is 39.2. The lowest BCUT2D eigenvalue weighted by Crippen LogP contribution is -2.55. The van der Waals surface area contributed by atoms with E-state index >= 15 is 0 Å². The lowest BCUT2D eigenvalue weighted by atomic mass is 10.1. The van der Waals surface area contributed by atoms with Crippen LogP contribution in [-0.4, -0.2) is 71.8 Å². The van der Waals surface area contributed by atoms with Crippen LogP contribution < -0.4 is 33.6 Å². The quantitative estimate of drug-likeness (QED) is 0.0836. The number of nitrogens with two attached hydrogens (primary N) is 4. The third-order valence-corrected chi connectivity index (χ3v) is 3.68. The predicted molar refractivity (Wildman–Crippen MR) is 99.4 cm³/mol. The summed E-state index contributed by atoms with van der Waals surface area (Å²) < 4.78 is 0. The summed E-state index contributed by atoms with van der Waals surface area (Å²) in [6.45, 7) is -0.0314. The molecule has 12 N–H and O–H groups in total. The van der Waals surface area contributed by atoms with Crippen LogP contribution in [0.4, 0.5) is 0 Å². The van der Waals surface area contributed by atoms with E-state index in [1.165, 1.54) is 0 Å². The van der Waals surface area contributed by atoms with Gasteiger partial charge in [-0.3, -0.25) is 14.6 Å². The summed E-state index contributed by atoms with van der Waals surface area (Å²) >= 11 is 0. The molecule has 0 aromatic carbocycles.